The SMILES string of the molecule is COc1ccc(-c2nc(C)c(C(=O)N[C@@H](C)c3nc4ccccc4[nH]3)s2)cc1OC. The summed E-state index contributed by atoms with van der Waals surface area (Å²) in [5.74, 6) is 1.80. The van der Waals surface area contributed by atoms with Gasteiger partial charge in [-0.1, -0.05) is 12.1 Å². The number of carbonyl (C=O) groups is 1. The van der Waals surface area contributed by atoms with Crippen LogP contribution in [0.1, 0.15) is 34.2 Å². The Labute approximate surface area is 178 Å². The molecular formula is C22H22N4O3S. The highest BCUT2D eigenvalue weighted by atomic mass is 32.1. The summed E-state index contributed by atoms with van der Waals surface area (Å²) in [7, 11) is 3.18. The highest BCUT2D eigenvalue weighted by Crippen LogP contribution is 2.35. The van der Waals surface area contributed by atoms with Gasteiger partial charge in [0, 0.05) is 5.56 Å². The van der Waals surface area contributed by atoms with E-state index in [0.717, 1.165) is 21.6 Å². The maximum Gasteiger partial charge on any atom is 0.263 e. The molecule has 4 aromatic rings. The van der Waals surface area contributed by atoms with Crippen molar-refractivity contribution in [2.75, 3.05) is 14.2 Å². The molecule has 2 aromatic heterocycles. The van der Waals surface area contributed by atoms with Gasteiger partial charge in [-0.15, -0.1) is 11.3 Å². The standard InChI is InChI=1S/C22H22N4O3S/c1-12-19(30-22(24-12)14-9-10-17(28-3)18(11-14)29-4)21(27)23-13(2)20-25-15-7-5-6-8-16(15)26-20/h5-11,13H,1-4H3,(H,23,27)(H,25,26)/t13-/m0/s1. The zero-order valence-corrected chi connectivity index (χ0v) is 18.0. The zero-order valence-electron chi connectivity index (χ0n) is 17.1. The number of para-hydroxylation sites is 2. The molecule has 0 bridgehead atoms. The number of aromatic amines is 1. The van der Waals surface area contributed by atoms with Crippen molar-refractivity contribution in [2.24, 2.45) is 0 Å². The summed E-state index contributed by atoms with van der Waals surface area (Å²) >= 11 is 1.35. The number of imidazole rings is 1. The Kier molecular flexibility index (Phi) is 5.41. The fourth-order valence-corrected chi connectivity index (χ4v) is 4.17. The summed E-state index contributed by atoms with van der Waals surface area (Å²) in [6.07, 6.45) is 0. The Morgan fingerprint density at radius 3 is 2.60 bits per heavy atom. The average Bonchev–Trinajstić information content (AvgIpc) is 3.37. The van der Waals surface area contributed by atoms with E-state index in [2.05, 4.69) is 20.3 Å². The van der Waals surface area contributed by atoms with Gasteiger partial charge >= 0.3 is 0 Å². The van der Waals surface area contributed by atoms with E-state index in [1.807, 2.05) is 56.3 Å². The van der Waals surface area contributed by atoms with Gasteiger partial charge in [-0.25, -0.2) is 9.97 Å². The van der Waals surface area contributed by atoms with E-state index in [-0.39, 0.29) is 11.9 Å². The first-order valence-corrected chi connectivity index (χ1v) is 10.3. The summed E-state index contributed by atoms with van der Waals surface area (Å²) in [4.78, 5) is 25.9. The first-order chi connectivity index (χ1) is 14.5. The Bertz CT molecular complexity index is 1180. The lowest BCUT2D eigenvalue weighted by atomic mass is 10.2. The number of nitrogens with zero attached hydrogens (tertiary/aromatic N) is 2. The molecule has 0 saturated carbocycles. The van der Waals surface area contributed by atoms with Crippen LogP contribution in [0.3, 0.4) is 0 Å². The number of aryl methyl sites for hydroxylation is 1. The smallest absolute Gasteiger partial charge is 0.263 e. The molecular weight excluding hydrogens is 400 g/mol. The number of amides is 1. The van der Waals surface area contributed by atoms with Crippen LogP contribution in [0.4, 0.5) is 0 Å². The minimum absolute atomic E-state index is 0.176. The molecule has 0 aliphatic carbocycles. The lowest BCUT2D eigenvalue weighted by Gasteiger charge is -2.10. The van der Waals surface area contributed by atoms with Gasteiger partial charge in [-0.3, -0.25) is 4.79 Å². The molecule has 0 saturated heterocycles. The van der Waals surface area contributed by atoms with Crippen molar-refractivity contribution in [3.8, 4) is 22.1 Å². The highest BCUT2D eigenvalue weighted by molar-refractivity contribution is 7.17. The quantitative estimate of drug-likeness (QED) is 0.477. The van der Waals surface area contributed by atoms with Crippen LogP contribution in [-0.2, 0) is 0 Å². The number of hydrogen-bond donors (Lipinski definition) is 2. The fraction of sp³-hybridized carbons (Fsp3) is 0.227. The number of ether oxygens (including phenoxy) is 2. The van der Waals surface area contributed by atoms with Crippen molar-refractivity contribution in [1.29, 1.82) is 0 Å². The van der Waals surface area contributed by atoms with Crippen molar-refractivity contribution < 1.29 is 14.3 Å². The van der Waals surface area contributed by atoms with Gasteiger partial charge in [0.05, 0.1) is 37.0 Å². The normalized spacial score (nSPS) is 12.0. The lowest BCUT2D eigenvalue weighted by molar-refractivity contribution is 0.0941. The van der Waals surface area contributed by atoms with Gasteiger partial charge < -0.3 is 19.8 Å². The molecule has 0 aliphatic rings. The van der Waals surface area contributed by atoms with Gasteiger partial charge in [-0.05, 0) is 44.2 Å². The van der Waals surface area contributed by atoms with E-state index in [4.69, 9.17) is 9.47 Å². The lowest BCUT2D eigenvalue weighted by Crippen LogP contribution is -2.27. The second kappa shape index (κ2) is 8.16. The zero-order chi connectivity index (χ0) is 21.3. The Morgan fingerprint density at radius 2 is 1.87 bits per heavy atom. The summed E-state index contributed by atoms with van der Waals surface area (Å²) in [6.45, 7) is 3.74. The number of carbonyl (C=O) groups excluding carboxylic acids is 1. The topological polar surface area (TPSA) is 89.1 Å². The van der Waals surface area contributed by atoms with Crippen molar-refractivity contribution in [3.05, 3.63) is 58.9 Å². The van der Waals surface area contributed by atoms with Crippen LogP contribution >= 0.6 is 11.3 Å². The van der Waals surface area contributed by atoms with Gasteiger partial charge in [0.2, 0.25) is 0 Å². The molecule has 0 aliphatic heterocycles. The van der Waals surface area contributed by atoms with Crippen LogP contribution in [0.25, 0.3) is 21.6 Å². The summed E-state index contributed by atoms with van der Waals surface area (Å²) in [5.41, 5.74) is 3.36. The van der Waals surface area contributed by atoms with E-state index >= 15 is 0 Å². The molecule has 2 aromatic carbocycles. The van der Waals surface area contributed by atoms with Crippen molar-refractivity contribution in [2.45, 2.75) is 19.9 Å². The molecule has 0 spiro atoms. The first-order valence-electron chi connectivity index (χ1n) is 9.45. The Balaban J connectivity index is 1.56. The van der Waals surface area contributed by atoms with E-state index in [0.29, 0.717) is 27.9 Å². The predicted molar refractivity (Wildman–Crippen MR) is 117 cm³/mol. The van der Waals surface area contributed by atoms with Crippen LogP contribution in [0.2, 0.25) is 0 Å². The molecule has 2 heterocycles. The predicted octanol–water partition coefficient (Wildman–Crippen LogP) is 4.50. The number of thiazole rings is 1. The van der Waals surface area contributed by atoms with Crippen molar-refractivity contribution in [3.63, 3.8) is 0 Å². The maximum atomic E-state index is 12.9. The Hall–Kier alpha value is -3.39. The summed E-state index contributed by atoms with van der Waals surface area (Å²) < 4.78 is 10.7. The first kappa shape index (κ1) is 19.9. The number of benzene rings is 2. The largest absolute Gasteiger partial charge is 0.493 e. The monoisotopic (exact) mass is 422 g/mol. The van der Waals surface area contributed by atoms with Crippen LogP contribution in [0.15, 0.2) is 42.5 Å². The van der Waals surface area contributed by atoms with Crippen molar-refractivity contribution in [1.82, 2.24) is 20.3 Å². The molecule has 8 heteroatoms. The molecule has 0 radical (unpaired) electrons. The molecule has 30 heavy (non-hydrogen) atoms. The number of methoxy groups -OCH3 is 2. The number of rotatable bonds is 6. The molecule has 7 nitrogen and oxygen atoms in total. The third kappa shape index (κ3) is 3.73. The second-order valence-corrected chi connectivity index (χ2v) is 7.84. The fourth-order valence-electron chi connectivity index (χ4n) is 3.21. The summed E-state index contributed by atoms with van der Waals surface area (Å²) in [6, 6.07) is 13.1. The Morgan fingerprint density at radius 1 is 1.10 bits per heavy atom. The minimum atomic E-state index is -0.268. The van der Waals surface area contributed by atoms with Gasteiger partial charge in [0.1, 0.15) is 15.7 Å². The summed E-state index contributed by atoms with van der Waals surface area (Å²) in [5, 5.41) is 3.76. The van der Waals surface area contributed by atoms with Crippen LogP contribution in [0.5, 0.6) is 11.5 Å². The van der Waals surface area contributed by atoms with E-state index < -0.39 is 0 Å². The molecule has 1 amide bonds. The molecule has 0 fully saturated rings. The molecule has 1 atom stereocenters. The van der Waals surface area contributed by atoms with E-state index in [1.165, 1.54) is 11.3 Å². The number of hydrogen-bond acceptors (Lipinski definition) is 6. The molecule has 154 valence electrons. The number of nitrogens with one attached hydrogen (secondary N) is 2. The third-order valence-corrected chi connectivity index (χ3v) is 6.00. The average molecular weight is 423 g/mol. The van der Waals surface area contributed by atoms with Crippen LogP contribution < -0.4 is 14.8 Å². The second-order valence-electron chi connectivity index (χ2n) is 6.84. The highest BCUT2D eigenvalue weighted by Gasteiger charge is 2.20. The third-order valence-electron chi connectivity index (χ3n) is 4.80. The van der Waals surface area contributed by atoms with Crippen LogP contribution in [0, 0.1) is 6.92 Å². The number of H-pyrrole nitrogens is 1. The minimum Gasteiger partial charge on any atom is -0.493 e. The number of fused-ring (bicyclic) bond motifs is 1. The van der Waals surface area contributed by atoms with Gasteiger partial charge in [-0.2, -0.15) is 0 Å². The van der Waals surface area contributed by atoms with E-state index in [9.17, 15) is 4.79 Å². The molecule has 2 N–H and O–H groups in total. The molecule has 0 unspecified atom stereocenters. The van der Waals surface area contributed by atoms with Gasteiger partial charge in [0.25, 0.3) is 5.91 Å². The molecule has 4 rings (SSSR count). The maximum absolute atomic E-state index is 12.9. The van der Waals surface area contributed by atoms with Gasteiger partial charge in [0.15, 0.2) is 11.5 Å². The van der Waals surface area contributed by atoms with Crippen molar-refractivity contribution >= 4 is 28.3 Å². The van der Waals surface area contributed by atoms with E-state index in [1.54, 1.807) is 14.2 Å². The number of aromatic nitrogens is 3. The van der Waals surface area contributed by atoms with Crippen LogP contribution in [-0.4, -0.2) is 35.1 Å².